The SMILES string of the molecule is CC(NCc1cccc2c1OCO2)c1ccc(Br)cc1Br. The van der Waals surface area contributed by atoms with Crippen LogP contribution in [0, 0.1) is 0 Å². The van der Waals surface area contributed by atoms with E-state index in [-0.39, 0.29) is 6.04 Å². The zero-order chi connectivity index (χ0) is 14.8. The molecule has 3 nitrogen and oxygen atoms in total. The van der Waals surface area contributed by atoms with Crippen LogP contribution in [0.25, 0.3) is 0 Å². The van der Waals surface area contributed by atoms with Crippen molar-refractivity contribution in [2.45, 2.75) is 19.5 Å². The van der Waals surface area contributed by atoms with E-state index >= 15 is 0 Å². The lowest BCUT2D eigenvalue weighted by Crippen LogP contribution is -2.18. The normalized spacial score (nSPS) is 14.2. The van der Waals surface area contributed by atoms with E-state index in [4.69, 9.17) is 9.47 Å². The van der Waals surface area contributed by atoms with Gasteiger partial charge in [-0.05, 0) is 30.7 Å². The summed E-state index contributed by atoms with van der Waals surface area (Å²) >= 11 is 7.08. The van der Waals surface area contributed by atoms with Crippen LogP contribution in [-0.4, -0.2) is 6.79 Å². The molecule has 0 fully saturated rings. The Morgan fingerprint density at radius 1 is 1.19 bits per heavy atom. The molecule has 0 radical (unpaired) electrons. The third-order valence-electron chi connectivity index (χ3n) is 3.51. The van der Waals surface area contributed by atoms with Gasteiger partial charge in [-0.3, -0.25) is 0 Å². The third kappa shape index (κ3) is 3.25. The molecule has 0 amide bonds. The lowest BCUT2D eigenvalue weighted by molar-refractivity contribution is 0.173. The minimum Gasteiger partial charge on any atom is -0.454 e. The molecule has 0 saturated carbocycles. The Balaban J connectivity index is 1.72. The number of hydrogen-bond acceptors (Lipinski definition) is 3. The van der Waals surface area contributed by atoms with Crippen LogP contribution in [0.2, 0.25) is 0 Å². The molecule has 1 heterocycles. The van der Waals surface area contributed by atoms with Crippen molar-refractivity contribution in [1.82, 2.24) is 5.32 Å². The van der Waals surface area contributed by atoms with Gasteiger partial charge in [-0.25, -0.2) is 0 Å². The van der Waals surface area contributed by atoms with Crippen molar-refractivity contribution in [3.63, 3.8) is 0 Å². The van der Waals surface area contributed by atoms with Crippen molar-refractivity contribution < 1.29 is 9.47 Å². The highest BCUT2D eigenvalue weighted by molar-refractivity contribution is 9.11. The summed E-state index contributed by atoms with van der Waals surface area (Å²) in [4.78, 5) is 0. The molecule has 0 saturated heterocycles. The average molecular weight is 413 g/mol. The summed E-state index contributed by atoms with van der Waals surface area (Å²) in [5.74, 6) is 1.68. The summed E-state index contributed by atoms with van der Waals surface area (Å²) in [5.41, 5.74) is 2.34. The Morgan fingerprint density at radius 3 is 2.86 bits per heavy atom. The molecule has 0 bridgehead atoms. The lowest BCUT2D eigenvalue weighted by atomic mass is 10.1. The largest absolute Gasteiger partial charge is 0.454 e. The van der Waals surface area contributed by atoms with Crippen LogP contribution in [0.1, 0.15) is 24.1 Å². The van der Waals surface area contributed by atoms with Crippen LogP contribution >= 0.6 is 31.9 Å². The van der Waals surface area contributed by atoms with Crippen molar-refractivity contribution in [3.05, 3.63) is 56.5 Å². The summed E-state index contributed by atoms with van der Waals surface area (Å²) in [6.45, 7) is 3.19. The van der Waals surface area contributed by atoms with Gasteiger partial charge in [0.25, 0.3) is 0 Å². The summed E-state index contributed by atoms with van der Waals surface area (Å²) in [5, 5.41) is 3.52. The molecule has 1 aliphatic heterocycles. The number of nitrogens with one attached hydrogen (secondary N) is 1. The fourth-order valence-corrected chi connectivity index (χ4v) is 3.75. The van der Waals surface area contributed by atoms with Gasteiger partial charge in [0.2, 0.25) is 6.79 Å². The van der Waals surface area contributed by atoms with Crippen LogP contribution in [0.3, 0.4) is 0 Å². The first-order valence-electron chi connectivity index (χ1n) is 6.71. The van der Waals surface area contributed by atoms with Gasteiger partial charge in [-0.15, -0.1) is 0 Å². The molecular weight excluding hydrogens is 398 g/mol. The zero-order valence-corrected chi connectivity index (χ0v) is 14.7. The predicted octanol–water partition coefficient (Wildman–Crippen LogP) is 4.79. The molecular formula is C16H15Br2NO2. The Labute approximate surface area is 140 Å². The van der Waals surface area contributed by atoms with Crippen LogP contribution in [-0.2, 0) is 6.54 Å². The number of ether oxygens (including phenoxy) is 2. The number of fused-ring (bicyclic) bond motifs is 1. The smallest absolute Gasteiger partial charge is 0.231 e. The van der Waals surface area contributed by atoms with Gasteiger partial charge in [0.05, 0.1) is 0 Å². The highest BCUT2D eigenvalue weighted by Crippen LogP contribution is 2.35. The van der Waals surface area contributed by atoms with Crippen molar-refractivity contribution in [3.8, 4) is 11.5 Å². The molecule has 2 aromatic carbocycles. The second kappa shape index (κ2) is 6.38. The van der Waals surface area contributed by atoms with E-state index in [1.807, 2.05) is 12.1 Å². The average Bonchev–Trinajstić information content (AvgIpc) is 2.93. The number of rotatable bonds is 4. The molecule has 0 aliphatic carbocycles. The molecule has 0 spiro atoms. The van der Waals surface area contributed by atoms with Gasteiger partial charge in [-0.1, -0.05) is 50.1 Å². The topological polar surface area (TPSA) is 30.5 Å². The number of para-hydroxylation sites is 1. The fourth-order valence-electron chi connectivity index (χ4n) is 2.36. The maximum absolute atomic E-state index is 5.53. The zero-order valence-electron chi connectivity index (χ0n) is 11.5. The molecule has 0 aromatic heterocycles. The fraction of sp³-hybridized carbons (Fsp3) is 0.250. The van der Waals surface area contributed by atoms with Crippen molar-refractivity contribution in [2.24, 2.45) is 0 Å². The van der Waals surface area contributed by atoms with Gasteiger partial charge in [-0.2, -0.15) is 0 Å². The van der Waals surface area contributed by atoms with Gasteiger partial charge < -0.3 is 14.8 Å². The Kier molecular flexibility index (Phi) is 4.52. The highest BCUT2D eigenvalue weighted by atomic mass is 79.9. The first kappa shape index (κ1) is 14.9. The number of hydrogen-bond donors (Lipinski definition) is 1. The first-order chi connectivity index (χ1) is 10.1. The molecule has 2 aromatic rings. The first-order valence-corrected chi connectivity index (χ1v) is 8.29. The van der Waals surface area contributed by atoms with Crippen LogP contribution < -0.4 is 14.8 Å². The molecule has 5 heteroatoms. The van der Waals surface area contributed by atoms with E-state index in [2.05, 4.69) is 68.4 Å². The Bertz CT molecular complexity index is 661. The monoisotopic (exact) mass is 411 g/mol. The van der Waals surface area contributed by atoms with Gasteiger partial charge in [0.1, 0.15) is 0 Å². The van der Waals surface area contributed by atoms with Gasteiger partial charge in [0, 0.05) is 27.1 Å². The summed E-state index contributed by atoms with van der Waals surface area (Å²) < 4.78 is 13.1. The minimum absolute atomic E-state index is 0.227. The van der Waals surface area contributed by atoms with Crippen LogP contribution in [0.15, 0.2) is 45.3 Å². The highest BCUT2D eigenvalue weighted by Gasteiger charge is 2.17. The van der Waals surface area contributed by atoms with Crippen molar-refractivity contribution in [2.75, 3.05) is 6.79 Å². The van der Waals surface area contributed by atoms with Crippen molar-refractivity contribution in [1.29, 1.82) is 0 Å². The predicted molar refractivity (Wildman–Crippen MR) is 89.7 cm³/mol. The number of halogens is 2. The van der Waals surface area contributed by atoms with Crippen LogP contribution in [0.5, 0.6) is 11.5 Å². The maximum Gasteiger partial charge on any atom is 0.231 e. The summed E-state index contributed by atoms with van der Waals surface area (Å²) in [6.07, 6.45) is 0. The van der Waals surface area contributed by atoms with E-state index in [1.54, 1.807) is 0 Å². The molecule has 21 heavy (non-hydrogen) atoms. The quantitative estimate of drug-likeness (QED) is 0.782. The molecule has 110 valence electrons. The molecule has 3 rings (SSSR count). The number of benzene rings is 2. The minimum atomic E-state index is 0.227. The molecule has 1 aliphatic rings. The second-order valence-corrected chi connectivity index (χ2v) is 6.69. The maximum atomic E-state index is 5.53. The van der Waals surface area contributed by atoms with E-state index in [0.717, 1.165) is 32.6 Å². The molecule has 1 N–H and O–H groups in total. The van der Waals surface area contributed by atoms with Crippen molar-refractivity contribution >= 4 is 31.9 Å². The standard InChI is InChI=1S/C16H15Br2NO2/c1-10(13-6-5-12(17)7-14(13)18)19-8-11-3-2-4-15-16(11)21-9-20-15/h2-7,10,19H,8-9H2,1H3. The Hall–Kier alpha value is -1.04. The Morgan fingerprint density at radius 2 is 2.05 bits per heavy atom. The second-order valence-electron chi connectivity index (χ2n) is 4.92. The van der Waals surface area contributed by atoms with Gasteiger partial charge >= 0.3 is 0 Å². The van der Waals surface area contributed by atoms with E-state index in [0.29, 0.717) is 6.79 Å². The molecule has 1 atom stereocenters. The summed E-state index contributed by atoms with van der Waals surface area (Å²) in [6, 6.07) is 12.4. The molecule has 1 unspecified atom stereocenters. The van der Waals surface area contributed by atoms with E-state index < -0.39 is 0 Å². The van der Waals surface area contributed by atoms with Crippen LogP contribution in [0.4, 0.5) is 0 Å². The lowest BCUT2D eigenvalue weighted by Gasteiger charge is -2.17. The van der Waals surface area contributed by atoms with E-state index in [1.165, 1.54) is 5.56 Å². The summed E-state index contributed by atoms with van der Waals surface area (Å²) in [7, 11) is 0. The van der Waals surface area contributed by atoms with Gasteiger partial charge in [0.15, 0.2) is 11.5 Å². The van der Waals surface area contributed by atoms with E-state index in [9.17, 15) is 0 Å². The third-order valence-corrected chi connectivity index (χ3v) is 4.69.